The van der Waals surface area contributed by atoms with E-state index < -0.39 is 0 Å². The molecule has 0 aliphatic carbocycles. The fourth-order valence-corrected chi connectivity index (χ4v) is 1.80. The number of rotatable bonds is 3. The molecule has 0 N–H and O–H groups in total. The molecule has 2 rings (SSSR count). The normalized spacial score (nSPS) is 10.4. The van der Waals surface area contributed by atoms with Crippen molar-refractivity contribution in [2.75, 3.05) is 0 Å². The Balaban J connectivity index is 2.20. The van der Waals surface area contributed by atoms with Crippen LogP contribution in [0.15, 0.2) is 36.7 Å². The van der Waals surface area contributed by atoms with E-state index in [1.165, 1.54) is 0 Å². The van der Waals surface area contributed by atoms with Crippen LogP contribution in [0.3, 0.4) is 0 Å². The van der Waals surface area contributed by atoms with Gasteiger partial charge >= 0.3 is 0 Å². The van der Waals surface area contributed by atoms with Crippen molar-refractivity contribution in [2.45, 2.75) is 6.54 Å². The van der Waals surface area contributed by atoms with Gasteiger partial charge in [-0.1, -0.05) is 29.3 Å². The van der Waals surface area contributed by atoms with Crippen LogP contribution in [0.25, 0.3) is 0 Å². The minimum atomic E-state index is 0.543. The van der Waals surface area contributed by atoms with E-state index in [9.17, 15) is 4.79 Å². The smallest absolute Gasteiger partial charge is 0.151 e. The predicted octanol–water partition coefficient (Wildman–Crippen LogP) is 3.66. The summed E-state index contributed by atoms with van der Waals surface area (Å²) in [5, 5.41) is 1.09. The maximum atomic E-state index is 10.5. The molecule has 0 atom stereocenters. The minimum Gasteiger partial charge on any atom is -0.349 e. The highest BCUT2D eigenvalue weighted by atomic mass is 35.5. The van der Waals surface area contributed by atoms with Crippen molar-refractivity contribution in [1.82, 2.24) is 4.57 Å². The van der Waals surface area contributed by atoms with E-state index >= 15 is 0 Å². The molecule has 0 aliphatic heterocycles. The summed E-state index contributed by atoms with van der Waals surface area (Å²) in [6.45, 7) is 0.671. The third-order valence-electron chi connectivity index (χ3n) is 2.26. The van der Waals surface area contributed by atoms with Gasteiger partial charge in [0.25, 0.3) is 0 Å². The Morgan fingerprint density at radius 3 is 2.62 bits per heavy atom. The van der Waals surface area contributed by atoms with E-state index in [-0.39, 0.29) is 0 Å². The SMILES string of the molecule is O=Cc1ccn(Cc2ccc(Cl)c(Cl)c2)c1. The quantitative estimate of drug-likeness (QED) is 0.766. The van der Waals surface area contributed by atoms with Crippen molar-refractivity contribution in [1.29, 1.82) is 0 Å². The van der Waals surface area contributed by atoms with Crippen molar-refractivity contribution in [3.8, 4) is 0 Å². The lowest BCUT2D eigenvalue weighted by molar-refractivity contribution is 0.112. The topological polar surface area (TPSA) is 22.0 Å². The number of hydrogen-bond acceptors (Lipinski definition) is 1. The lowest BCUT2D eigenvalue weighted by Crippen LogP contribution is -1.96. The van der Waals surface area contributed by atoms with E-state index in [0.29, 0.717) is 22.2 Å². The van der Waals surface area contributed by atoms with Crippen molar-refractivity contribution in [3.05, 3.63) is 57.8 Å². The molecule has 16 heavy (non-hydrogen) atoms. The Morgan fingerprint density at radius 1 is 1.19 bits per heavy atom. The highest BCUT2D eigenvalue weighted by Gasteiger charge is 2.01. The number of aromatic nitrogens is 1. The average molecular weight is 254 g/mol. The number of halogens is 2. The molecule has 4 heteroatoms. The zero-order chi connectivity index (χ0) is 11.5. The number of nitrogens with zero attached hydrogens (tertiary/aromatic N) is 1. The Morgan fingerprint density at radius 2 is 2.00 bits per heavy atom. The molecule has 1 aromatic carbocycles. The average Bonchev–Trinajstić information content (AvgIpc) is 2.71. The van der Waals surface area contributed by atoms with Gasteiger partial charge in [0.05, 0.1) is 10.0 Å². The van der Waals surface area contributed by atoms with Gasteiger partial charge in [0.1, 0.15) is 0 Å². The fourth-order valence-electron chi connectivity index (χ4n) is 1.48. The van der Waals surface area contributed by atoms with Crippen LogP contribution in [0, 0.1) is 0 Å². The van der Waals surface area contributed by atoms with E-state index in [0.717, 1.165) is 11.8 Å². The van der Waals surface area contributed by atoms with Gasteiger partial charge in [-0.15, -0.1) is 0 Å². The van der Waals surface area contributed by atoms with E-state index in [1.807, 2.05) is 22.9 Å². The number of benzene rings is 1. The van der Waals surface area contributed by atoms with Gasteiger partial charge in [0.2, 0.25) is 0 Å². The highest BCUT2D eigenvalue weighted by molar-refractivity contribution is 6.42. The highest BCUT2D eigenvalue weighted by Crippen LogP contribution is 2.23. The second-order valence-corrected chi connectivity index (χ2v) is 4.30. The Hall–Kier alpha value is -1.25. The van der Waals surface area contributed by atoms with Crippen LogP contribution in [0.4, 0.5) is 0 Å². The van der Waals surface area contributed by atoms with Gasteiger partial charge < -0.3 is 4.57 Å². The van der Waals surface area contributed by atoms with Gasteiger partial charge in [-0.05, 0) is 23.8 Å². The second kappa shape index (κ2) is 4.73. The molecular formula is C12H9Cl2NO. The molecule has 1 aromatic heterocycles. The van der Waals surface area contributed by atoms with Gasteiger partial charge in [-0.25, -0.2) is 0 Å². The van der Waals surface area contributed by atoms with Crippen LogP contribution >= 0.6 is 23.2 Å². The molecule has 0 bridgehead atoms. The van der Waals surface area contributed by atoms with Crippen molar-refractivity contribution in [2.24, 2.45) is 0 Å². The fraction of sp³-hybridized carbons (Fsp3) is 0.0833. The summed E-state index contributed by atoms with van der Waals surface area (Å²) in [5.41, 5.74) is 1.71. The summed E-state index contributed by atoms with van der Waals surface area (Å²) in [6.07, 6.45) is 4.47. The Bertz CT molecular complexity index is 519. The molecule has 0 radical (unpaired) electrons. The summed E-state index contributed by atoms with van der Waals surface area (Å²) in [5.74, 6) is 0. The largest absolute Gasteiger partial charge is 0.349 e. The van der Waals surface area contributed by atoms with Crippen molar-refractivity contribution >= 4 is 29.5 Å². The van der Waals surface area contributed by atoms with Crippen LogP contribution in [-0.2, 0) is 6.54 Å². The van der Waals surface area contributed by atoms with Crippen molar-refractivity contribution in [3.63, 3.8) is 0 Å². The standard InChI is InChI=1S/C12H9Cl2NO/c13-11-2-1-9(5-12(11)14)6-15-4-3-10(7-15)8-16/h1-5,7-8H,6H2. The van der Waals surface area contributed by atoms with Crippen molar-refractivity contribution < 1.29 is 4.79 Å². The molecule has 0 saturated heterocycles. The second-order valence-electron chi connectivity index (χ2n) is 3.48. The van der Waals surface area contributed by atoms with Crippen LogP contribution < -0.4 is 0 Å². The minimum absolute atomic E-state index is 0.543. The summed E-state index contributed by atoms with van der Waals surface area (Å²) >= 11 is 11.7. The first-order chi connectivity index (χ1) is 7.69. The lowest BCUT2D eigenvalue weighted by Gasteiger charge is -2.04. The first-order valence-electron chi connectivity index (χ1n) is 4.74. The number of carbonyl (C=O) groups excluding carboxylic acids is 1. The molecule has 2 nitrogen and oxygen atoms in total. The maximum absolute atomic E-state index is 10.5. The maximum Gasteiger partial charge on any atom is 0.151 e. The molecule has 0 unspecified atom stereocenters. The summed E-state index contributed by atoms with van der Waals surface area (Å²) in [7, 11) is 0. The molecule has 0 saturated carbocycles. The number of hydrogen-bond donors (Lipinski definition) is 0. The van der Waals surface area contributed by atoms with E-state index in [2.05, 4.69) is 0 Å². The van der Waals surface area contributed by atoms with Gasteiger partial charge in [0, 0.05) is 24.5 Å². The summed E-state index contributed by atoms with van der Waals surface area (Å²) < 4.78 is 1.92. The molecule has 0 fully saturated rings. The van der Waals surface area contributed by atoms with Gasteiger partial charge in [0.15, 0.2) is 6.29 Å². The van der Waals surface area contributed by atoms with Crippen LogP contribution in [0.2, 0.25) is 10.0 Å². The zero-order valence-corrected chi connectivity index (χ0v) is 9.87. The molecule has 0 spiro atoms. The number of carbonyl (C=O) groups is 1. The Labute approximate surface area is 103 Å². The van der Waals surface area contributed by atoms with E-state index in [4.69, 9.17) is 23.2 Å². The van der Waals surface area contributed by atoms with Crippen LogP contribution in [-0.4, -0.2) is 10.9 Å². The van der Waals surface area contributed by atoms with Crippen LogP contribution in [0.1, 0.15) is 15.9 Å². The lowest BCUT2D eigenvalue weighted by atomic mass is 10.2. The third-order valence-corrected chi connectivity index (χ3v) is 3.00. The first kappa shape index (κ1) is 11.2. The van der Waals surface area contributed by atoms with Gasteiger partial charge in [-0.3, -0.25) is 4.79 Å². The molecule has 0 aliphatic rings. The van der Waals surface area contributed by atoms with Crippen LogP contribution in [0.5, 0.6) is 0 Å². The monoisotopic (exact) mass is 253 g/mol. The van der Waals surface area contributed by atoms with Gasteiger partial charge in [-0.2, -0.15) is 0 Å². The zero-order valence-electron chi connectivity index (χ0n) is 8.36. The summed E-state index contributed by atoms with van der Waals surface area (Å²) in [6, 6.07) is 7.27. The molecular weight excluding hydrogens is 245 g/mol. The first-order valence-corrected chi connectivity index (χ1v) is 5.49. The van der Waals surface area contributed by atoms with E-state index in [1.54, 1.807) is 18.3 Å². The molecule has 82 valence electrons. The Kier molecular flexibility index (Phi) is 3.32. The molecule has 0 amide bonds. The summed E-state index contributed by atoms with van der Waals surface area (Å²) in [4.78, 5) is 10.5. The molecule has 1 heterocycles. The third kappa shape index (κ3) is 2.46. The predicted molar refractivity (Wildman–Crippen MR) is 65.4 cm³/mol. The number of aldehydes is 1. The molecule has 2 aromatic rings.